The Labute approximate surface area is 421 Å². The molecule has 13 rings (SSSR count). The predicted octanol–water partition coefficient (Wildman–Crippen LogP) is 18.9. The molecular weight excluding hydrogens is 869 g/mol. The minimum absolute atomic E-state index is 0.328. The van der Waals surface area contributed by atoms with Crippen molar-refractivity contribution < 1.29 is 0 Å². The van der Waals surface area contributed by atoms with Crippen molar-refractivity contribution in [2.24, 2.45) is 11.8 Å². The fourth-order valence-electron chi connectivity index (χ4n) is 11.0. The van der Waals surface area contributed by atoms with Crippen LogP contribution in [0, 0.1) is 11.8 Å². The lowest BCUT2D eigenvalue weighted by Gasteiger charge is -2.29. The van der Waals surface area contributed by atoms with Crippen LogP contribution in [0.3, 0.4) is 0 Å². The molecule has 11 aromatic rings. The Hall–Kier alpha value is -9.24. The van der Waals surface area contributed by atoms with E-state index in [1.165, 1.54) is 83.0 Å². The number of allylic oxidation sites excluding steroid dienone is 8. The average Bonchev–Trinajstić information content (AvgIpc) is 3.80. The highest BCUT2D eigenvalue weighted by molar-refractivity contribution is 6.17. The van der Waals surface area contributed by atoms with E-state index in [2.05, 4.69) is 301 Å². The van der Waals surface area contributed by atoms with Gasteiger partial charge in [0.1, 0.15) is 0 Å². The maximum Gasteiger partial charge on any atom is 0.0553 e. The molecule has 0 N–H and O–H groups in total. The van der Waals surface area contributed by atoms with Gasteiger partial charge >= 0.3 is 0 Å². The van der Waals surface area contributed by atoms with Gasteiger partial charge in [0.2, 0.25) is 0 Å². The zero-order chi connectivity index (χ0) is 47.8. The highest BCUT2D eigenvalue weighted by Gasteiger charge is 2.25. The molecule has 2 heteroatoms. The Morgan fingerprint density at radius 2 is 0.806 bits per heavy atom. The molecule has 0 amide bonds. The third-order valence-corrected chi connectivity index (χ3v) is 14.6. The lowest BCUT2D eigenvalue weighted by Crippen LogP contribution is -2.15. The van der Waals surface area contributed by atoms with Gasteiger partial charge in [-0.3, -0.25) is 0 Å². The highest BCUT2D eigenvalue weighted by atomic mass is 15.1. The van der Waals surface area contributed by atoms with Gasteiger partial charge in [-0.05, 0) is 134 Å². The molecule has 0 radical (unpaired) electrons. The Balaban J connectivity index is 0.971. The first kappa shape index (κ1) is 42.8. The van der Waals surface area contributed by atoms with Crippen LogP contribution in [0.4, 0.5) is 17.1 Å². The average molecular weight is 919 g/mol. The molecule has 2 nitrogen and oxygen atoms in total. The van der Waals surface area contributed by atoms with E-state index >= 15 is 0 Å². The lowest BCUT2D eigenvalue weighted by atomic mass is 9.77. The molecule has 0 aliphatic heterocycles. The van der Waals surface area contributed by atoms with E-state index in [0.717, 1.165) is 28.3 Å². The summed E-state index contributed by atoms with van der Waals surface area (Å²) < 4.78 is 2.46. The molecule has 0 spiro atoms. The monoisotopic (exact) mass is 918 g/mol. The van der Waals surface area contributed by atoms with Crippen LogP contribution < -0.4 is 4.90 Å². The Bertz CT molecular complexity index is 3860. The van der Waals surface area contributed by atoms with Gasteiger partial charge in [-0.15, -0.1) is 0 Å². The van der Waals surface area contributed by atoms with E-state index in [1.807, 2.05) is 0 Å². The van der Waals surface area contributed by atoms with Gasteiger partial charge in [-0.25, -0.2) is 0 Å². The van der Waals surface area contributed by atoms with Crippen molar-refractivity contribution in [3.8, 4) is 61.3 Å². The number of hydrogen-bond donors (Lipinski definition) is 0. The first-order valence-electron chi connectivity index (χ1n) is 25.0. The summed E-state index contributed by atoms with van der Waals surface area (Å²) in [5, 5.41) is 2.44. The maximum atomic E-state index is 2.46. The van der Waals surface area contributed by atoms with Crippen LogP contribution in [-0.4, -0.2) is 4.57 Å². The molecule has 0 saturated heterocycles. The minimum atomic E-state index is 0.328. The lowest BCUT2D eigenvalue weighted by molar-refractivity contribution is 0.678. The van der Waals surface area contributed by atoms with Crippen molar-refractivity contribution in [1.82, 2.24) is 4.57 Å². The second kappa shape index (κ2) is 18.6. The Kier molecular flexibility index (Phi) is 11.1. The van der Waals surface area contributed by atoms with E-state index in [-0.39, 0.29) is 0 Å². The van der Waals surface area contributed by atoms with Crippen LogP contribution in [0.5, 0.6) is 0 Å². The van der Waals surface area contributed by atoms with Crippen LogP contribution in [0.2, 0.25) is 0 Å². The van der Waals surface area contributed by atoms with Crippen LogP contribution in [0.15, 0.2) is 291 Å². The van der Waals surface area contributed by atoms with Gasteiger partial charge < -0.3 is 9.47 Å². The fraction of sp³-hybridized carbons (Fsp3) is 0.0286. The van der Waals surface area contributed by atoms with Crippen molar-refractivity contribution in [2.45, 2.75) is 0 Å². The molecule has 340 valence electrons. The largest absolute Gasteiger partial charge is 0.310 e. The SMILES string of the molecule is C1=CC2C=CC=C(c3ccc(N(c4ccc(-c5ccc(-c6ccccc6)cc5)cc4)c4cccc(-c5cc(-c6ccccc6)cc6c5c5ccc(-c7ccccc7)cc5n6-c5ccccc5)c4)cc3)C2C=C1. The first-order valence-corrected chi connectivity index (χ1v) is 25.0. The summed E-state index contributed by atoms with van der Waals surface area (Å²) in [4.78, 5) is 2.41. The number of rotatable bonds is 10. The molecule has 2 aliphatic rings. The number of aromatic nitrogens is 1. The number of benzene rings is 10. The Morgan fingerprint density at radius 3 is 1.44 bits per heavy atom. The van der Waals surface area contributed by atoms with Crippen LogP contribution in [-0.2, 0) is 0 Å². The van der Waals surface area contributed by atoms with Crippen molar-refractivity contribution in [3.05, 3.63) is 297 Å². The van der Waals surface area contributed by atoms with E-state index < -0.39 is 0 Å². The number of fused-ring (bicyclic) bond motifs is 4. The summed E-state index contributed by atoms with van der Waals surface area (Å²) in [6, 6.07) is 91.0. The van der Waals surface area contributed by atoms with Crippen molar-refractivity contribution in [2.75, 3.05) is 4.90 Å². The van der Waals surface area contributed by atoms with E-state index in [4.69, 9.17) is 0 Å². The van der Waals surface area contributed by atoms with Gasteiger partial charge in [0, 0.05) is 45.4 Å². The van der Waals surface area contributed by atoms with Gasteiger partial charge in [0.15, 0.2) is 0 Å². The van der Waals surface area contributed by atoms with Gasteiger partial charge in [0.05, 0.1) is 11.0 Å². The molecule has 10 aromatic carbocycles. The Morgan fingerprint density at radius 1 is 0.319 bits per heavy atom. The smallest absolute Gasteiger partial charge is 0.0553 e. The van der Waals surface area contributed by atoms with Gasteiger partial charge in [-0.1, -0.05) is 225 Å². The second-order valence-electron chi connectivity index (χ2n) is 18.9. The fourth-order valence-corrected chi connectivity index (χ4v) is 11.0. The number of anilines is 3. The molecular formula is C70H50N2. The summed E-state index contributed by atoms with van der Waals surface area (Å²) in [5.74, 6) is 0.704. The third kappa shape index (κ3) is 7.99. The molecule has 2 unspecified atom stereocenters. The molecule has 2 aliphatic carbocycles. The number of nitrogens with zero attached hydrogens (tertiary/aromatic N) is 2. The zero-order valence-electron chi connectivity index (χ0n) is 39.8. The van der Waals surface area contributed by atoms with E-state index in [9.17, 15) is 0 Å². The summed E-state index contributed by atoms with van der Waals surface area (Å²) in [5.41, 5.74) is 21.2. The molecule has 0 bridgehead atoms. The first-order chi connectivity index (χ1) is 35.7. The second-order valence-corrected chi connectivity index (χ2v) is 18.9. The molecule has 1 heterocycles. The molecule has 0 fully saturated rings. The van der Waals surface area contributed by atoms with Crippen LogP contribution in [0.25, 0.3) is 88.7 Å². The number of para-hydroxylation sites is 1. The van der Waals surface area contributed by atoms with Crippen LogP contribution >= 0.6 is 0 Å². The summed E-state index contributed by atoms with van der Waals surface area (Å²) in [6.07, 6.45) is 15.8. The summed E-state index contributed by atoms with van der Waals surface area (Å²) >= 11 is 0. The van der Waals surface area contributed by atoms with Gasteiger partial charge in [0.25, 0.3) is 0 Å². The highest BCUT2D eigenvalue weighted by Crippen LogP contribution is 2.45. The maximum absolute atomic E-state index is 2.46. The van der Waals surface area contributed by atoms with Gasteiger partial charge in [-0.2, -0.15) is 0 Å². The third-order valence-electron chi connectivity index (χ3n) is 14.6. The van der Waals surface area contributed by atoms with Crippen molar-refractivity contribution >= 4 is 44.4 Å². The van der Waals surface area contributed by atoms with Crippen LogP contribution in [0.1, 0.15) is 5.56 Å². The quantitative estimate of drug-likeness (QED) is 0.133. The predicted molar refractivity (Wildman–Crippen MR) is 305 cm³/mol. The number of hydrogen-bond acceptors (Lipinski definition) is 1. The standard InChI is InChI=1S/C70H50N2/c1-5-17-49(18-6-1)52-31-33-53(34-32-52)54-35-40-61(41-36-54)71(62-42-37-56(38-43-62)65-30-16-24-55-23-13-14-29-64(55)65)63-28-15-25-58(45-63)67-46-59(51-21-9-3-10-22-51)48-69-70(67)66-44-39-57(50-19-7-2-8-20-50)47-68(66)72(69)60-26-11-4-12-27-60/h1-48,55,64H. The normalized spacial score (nSPS) is 14.9. The van der Waals surface area contributed by atoms with Crippen molar-refractivity contribution in [3.63, 3.8) is 0 Å². The summed E-state index contributed by atoms with van der Waals surface area (Å²) in [6.45, 7) is 0. The topological polar surface area (TPSA) is 8.17 Å². The zero-order valence-corrected chi connectivity index (χ0v) is 39.8. The minimum Gasteiger partial charge on any atom is -0.310 e. The van der Waals surface area contributed by atoms with Crippen molar-refractivity contribution in [1.29, 1.82) is 0 Å². The van der Waals surface area contributed by atoms with E-state index in [1.54, 1.807) is 0 Å². The molecule has 1 aromatic heterocycles. The molecule has 0 saturated carbocycles. The molecule has 72 heavy (non-hydrogen) atoms. The molecule has 2 atom stereocenters. The van der Waals surface area contributed by atoms with E-state index in [0.29, 0.717) is 11.8 Å². The summed E-state index contributed by atoms with van der Waals surface area (Å²) in [7, 11) is 0.